The molecule has 1 N–H and O–H groups in total. The summed E-state index contributed by atoms with van der Waals surface area (Å²) in [6.07, 6.45) is 4.12. The SMILES string of the molecule is CC1CCN(c2nc(C(C)(C)C)ccc2CCC(=O)C(C)c2ccc(NS(C)(=O)=O)c(F)c2)CC1. The molecular formula is C27H38FN3O3S. The third kappa shape index (κ3) is 7.26. The van der Waals surface area contributed by atoms with E-state index in [2.05, 4.69) is 49.4 Å². The van der Waals surface area contributed by atoms with Crippen molar-refractivity contribution in [3.05, 3.63) is 53.0 Å². The number of rotatable bonds is 8. The van der Waals surface area contributed by atoms with Gasteiger partial charge in [-0.25, -0.2) is 17.8 Å². The van der Waals surface area contributed by atoms with Gasteiger partial charge in [0.25, 0.3) is 0 Å². The summed E-state index contributed by atoms with van der Waals surface area (Å²) in [5, 5.41) is 0. The lowest BCUT2D eigenvalue weighted by molar-refractivity contribution is -0.120. The van der Waals surface area contributed by atoms with Crippen LogP contribution in [0.3, 0.4) is 0 Å². The van der Waals surface area contributed by atoms with Crippen molar-refractivity contribution in [1.29, 1.82) is 0 Å². The molecule has 3 rings (SSSR count). The maximum atomic E-state index is 14.4. The fraction of sp³-hybridized carbons (Fsp3) is 0.556. The number of anilines is 2. The summed E-state index contributed by atoms with van der Waals surface area (Å²) in [7, 11) is -3.58. The number of pyridine rings is 1. The van der Waals surface area contributed by atoms with E-state index in [-0.39, 0.29) is 16.9 Å². The number of nitrogens with zero attached hydrogens (tertiary/aromatic N) is 2. The van der Waals surface area contributed by atoms with Gasteiger partial charge in [0.15, 0.2) is 0 Å². The Morgan fingerprint density at radius 1 is 1.20 bits per heavy atom. The lowest BCUT2D eigenvalue weighted by atomic mass is 9.90. The summed E-state index contributed by atoms with van der Waals surface area (Å²) in [6, 6.07) is 8.35. The summed E-state index contributed by atoms with van der Waals surface area (Å²) >= 11 is 0. The van der Waals surface area contributed by atoms with Crippen LogP contribution in [-0.2, 0) is 26.7 Å². The van der Waals surface area contributed by atoms with Gasteiger partial charge in [-0.2, -0.15) is 0 Å². The monoisotopic (exact) mass is 503 g/mol. The van der Waals surface area contributed by atoms with E-state index in [0.717, 1.165) is 49.3 Å². The highest BCUT2D eigenvalue weighted by molar-refractivity contribution is 7.92. The third-order valence-electron chi connectivity index (χ3n) is 6.72. The number of carbonyl (C=O) groups is 1. The first-order chi connectivity index (χ1) is 16.2. The summed E-state index contributed by atoms with van der Waals surface area (Å²) < 4.78 is 39.4. The van der Waals surface area contributed by atoms with Crippen LogP contribution in [0.1, 0.15) is 76.6 Å². The molecule has 192 valence electrons. The molecule has 0 aliphatic carbocycles. The van der Waals surface area contributed by atoms with Crippen molar-refractivity contribution in [2.24, 2.45) is 5.92 Å². The highest BCUT2D eigenvalue weighted by atomic mass is 32.2. The largest absolute Gasteiger partial charge is 0.356 e. The number of sulfonamides is 1. The predicted molar refractivity (Wildman–Crippen MR) is 140 cm³/mol. The summed E-state index contributed by atoms with van der Waals surface area (Å²) in [5.74, 6) is 0.495. The van der Waals surface area contributed by atoms with Crippen molar-refractivity contribution < 1.29 is 17.6 Å². The maximum Gasteiger partial charge on any atom is 0.229 e. The Bertz CT molecular complexity index is 1170. The number of halogens is 1. The van der Waals surface area contributed by atoms with Gasteiger partial charge in [0.2, 0.25) is 10.0 Å². The number of carbonyl (C=O) groups excluding carboxylic acids is 1. The van der Waals surface area contributed by atoms with Crippen molar-refractivity contribution in [1.82, 2.24) is 4.98 Å². The van der Waals surface area contributed by atoms with Gasteiger partial charge in [0, 0.05) is 36.5 Å². The molecule has 1 unspecified atom stereocenters. The van der Waals surface area contributed by atoms with Gasteiger partial charge in [-0.05, 0) is 54.5 Å². The second kappa shape index (κ2) is 10.6. The van der Waals surface area contributed by atoms with Crippen LogP contribution in [0.4, 0.5) is 15.9 Å². The zero-order valence-corrected chi connectivity index (χ0v) is 22.5. The normalized spacial score (nSPS) is 16.3. The van der Waals surface area contributed by atoms with Crippen LogP contribution >= 0.6 is 0 Å². The van der Waals surface area contributed by atoms with Crippen molar-refractivity contribution in [2.45, 2.75) is 71.6 Å². The van der Waals surface area contributed by atoms with Crippen LogP contribution in [0.5, 0.6) is 0 Å². The Kier molecular flexibility index (Phi) is 8.25. The van der Waals surface area contributed by atoms with Gasteiger partial charge in [-0.1, -0.05) is 46.8 Å². The Morgan fingerprint density at radius 2 is 1.86 bits per heavy atom. The van der Waals surface area contributed by atoms with E-state index in [1.54, 1.807) is 13.0 Å². The molecule has 1 aromatic carbocycles. The first kappa shape index (κ1) is 27.1. The number of ketones is 1. The molecule has 0 radical (unpaired) electrons. The quantitative estimate of drug-likeness (QED) is 0.520. The standard InChI is InChI=1S/C27H38FN3O3S/c1-18-13-15-31(16-14-18)26-20(9-12-25(29-26)27(3,4)5)8-11-24(32)19(2)21-7-10-23(22(28)17-21)30-35(6,33)34/h7,9-10,12,17-19,30H,8,11,13-16H2,1-6H3. The van der Waals surface area contributed by atoms with Crippen LogP contribution in [-0.4, -0.2) is 38.5 Å². The Balaban J connectivity index is 1.75. The average molecular weight is 504 g/mol. The molecular weight excluding hydrogens is 465 g/mol. The first-order valence-electron chi connectivity index (χ1n) is 12.3. The van der Waals surface area contributed by atoms with Gasteiger partial charge in [-0.15, -0.1) is 0 Å². The van der Waals surface area contributed by atoms with Crippen LogP contribution in [0, 0.1) is 11.7 Å². The molecule has 8 heteroatoms. The molecule has 0 bridgehead atoms. The maximum absolute atomic E-state index is 14.4. The Labute approximate surface area is 209 Å². The highest BCUT2D eigenvalue weighted by Gasteiger charge is 2.24. The van der Waals surface area contributed by atoms with E-state index >= 15 is 0 Å². The van der Waals surface area contributed by atoms with E-state index in [1.165, 1.54) is 12.1 Å². The van der Waals surface area contributed by atoms with Gasteiger partial charge >= 0.3 is 0 Å². The minimum atomic E-state index is -3.58. The molecule has 6 nitrogen and oxygen atoms in total. The lowest BCUT2D eigenvalue weighted by Gasteiger charge is -2.33. The number of hydrogen-bond donors (Lipinski definition) is 1. The van der Waals surface area contributed by atoms with Crippen molar-refractivity contribution in [2.75, 3.05) is 29.0 Å². The summed E-state index contributed by atoms with van der Waals surface area (Å²) in [4.78, 5) is 20.4. The molecule has 1 atom stereocenters. The lowest BCUT2D eigenvalue weighted by Crippen LogP contribution is -2.34. The van der Waals surface area contributed by atoms with Gasteiger partial charge in [-0.3, -0.25) is 9.52 Å². The van der Waals surface area contributed by atoms with Crippen LogP contribution < -0.4 is 9.62 Å². The minimum Gasteiger partial charge on any atom is -0.356 e. The fourth-order valence-electron chi connectivity index (χ4n) is 4.33. The predicted octanol–water partition coefficient (Wildman–Crippen LogP) is 5.43. The number of nitrogens with one attached hydrogen (secondary N) is 1. The second-order valence-corrected chi connectivity index (χ2v) is 12.6. The highest BCUT2D eigenvalue weighted by Crippen LogP contribution is 2.30. The van der Waals surface area contributed by atoms with E-state index in [9.17, 15) is 17.6 Å². The zero-order valence-electron chi connectivity index (χ0n) is 21.7. The number of aryl methyl sites for hydroxylation is 1. The van der Waals surface area contributed by atoms with E-state index < -0.39 is 21.8 Å². The molecule has 2 heterocycles. The summed E-state index contributed by atoms with van der Waals surface area (Å²) in [5.41, 5.74) is 2.43. The second-order valence-electron chi connectivity index (χ2n) is 10.9. The van der Waals surface area contributed by atoms with Crippen molar-refractivity contribution in [3.8, 4) is 0 Å². The third-order valence-corrected chi connectivity index (χ3v) is 7.31. The summed E-state index contributed by atoms with van der Waals surface area (Å²) in [6.45, 7) is 12.4. The molecule has 1 aromatic heterocycles. The minimum absolute atomic E-state index is 0.00587. The average Bonchev–Trinajstić information content (AvgIpc) is 2.77. The molecule has 2 aromatic rings. The molecule has 0 spiro atoms. The number of piperidine rings is 1. The molecule has 35 heavy (non-hydrogen) atoms. The number of benzene rings is 1. The molecule has 1 aliphatic rings. The molecule has 1 saturated heterocycles. The van der Waals surface area contributed by atoms with E-state index in [0.29, 0.717) is 24.3 Å². The van der Waals surface area contributed by atoms with E-state index in [1.807, 2.05) is 0 Å². The number of Topliss-reactive ketones (excluding diaryl/α,β-unsaturated/α-hetero) is 1. The molecule has 1 aliphatic heterocycles. The smallest absolute Gasteiger partial charge is 0.229 e. The first-order valence-corrected chi connectivity index (χ1v) is 14.2. The molecule has 0 saturated carbocycles. The van der Waals surface area contributed by atoms with Crippen LogP contribution in [0.15, 0.2) is 30.3 Å². The molecule has 0 amide bonds. The van der Waals surface area contributed by atoms with Gasteiger partial charge in [0.1, 0.15) is 17.4 Å². The topological polar surface area (TPSA) is 79.4 Å². The number of hydrogen-bond acceptors (Lipinski definition) is 5. The van der Waals surface area contributed by atoms with Gasteiger partial charge < -0.3 is 4.90 Å². The van der Waals surface area contributed by atoms with Crippen molar-refractivity contribution in [3.63, 3.8) is 0 Å². The van der Waals surface area contributed by atoms with Crippen LogP contribution in [0.25, 0.3) is 0 Å². The Hall–Kier alpha value is -2.48. The molecule has 1 fully saturated rings. The fourth-order valence-corrected chi connectivity index (χ4v) is 4.89. The number of aromatic nitrogens is 1. The van der Waals surface area contributed by atoms with Gasteiger partial charge in [0.05, 0.1) is 11.9 Å². The van der Waals surface area contributed by atoms with Crippen molar-refractivity contribution >= 4 is 27.3 Å². The van der Waals surface area contributed by atoms with E-state index in [4.69, 9.17) is 4.98 Å². The Morgan fingerprint density at radius 3 is 2.43 bits per heavy atom. The van der Waals surface area contributed by atoms with Crippen LogP contribution in [0.2, 0.25) is 0 Å². The zero-order chi connectivity index (χ0) is 26.0.